The molecule has 2 atom stereocenters. The van der Waals surface area contributed by atoms with Crippen LogP contribution in [0.25, 0.3) is 0 Å². The van der Waals surface area contributed by atoms with Crippen LogP contribution in [0.2, 0.25) is 0 Å². The van der Waals surface area contributed by atoms with Crippen LogP contribution in [0.4, 0.5) is 0 Å². The van der Waals surface area contributed by atoms with E-state index in [-0.39, 0.29) is 1.43 Å². The van der Waals surface area contributed by atoms with Crippen LogP contribution in [0, 0.1) is 6.92 Å². The van der Waals surface area contributed by atoms with E-state index < -0.39 is 11.2 Å². The number of hydrogen-bond acceptors (Lipinski definition) is 8. The zero-order valence-electron chi connectivity index (χ0n) is 19.7. The van der Waals surface area contributed by atoms with Crippen LogP contribution in [0.5, 0.6) is 11.5 Å². The van der Waals surface area contributed by atoms with E-state index in [1.54, 1.807) is 22.8 Å². The fourth-order valence-electron chi connectivity index (χ4n) is 3.58. The number of hydrazone groups is 2. The third kappa shape index (κ3) is 4.46. The number of benzene rings is 2. The summed E-state index contributed by atoms with van der Waals surface area (Å²) in [6.45, 7) is 6.14. The Labute approximate surface area is 220 Å². The van der Waals surface area contributed by atoms with Crippen molar-refractivity contribution in [1.82, 2.24) is 9.56 Å². The maximum Gasteiger partial charge on any atom is 1.00 e. The van der Waals surface area contributed by atoms with Gasteiger partial charge in [-0.1, -0.05) is 66.8 Å². The Hall–Kier alpha value is -1.02. The summed E-state index contributed by atoms with van der Waals surface area (Å²) in [4.78, 5) is 0. The maximum absolute atomic E-state index is 6.48. The molecule has 0 aliphatic carbocycles. The predicted molar refractivity (Wildman–Crippen MR) is 155 cm³/mol. The highest BCUT2D eigenvalue weighted by atomic mass is 32.9. The maximum atomic E-state index is 6.48. The van der Waals surface area contributed by atoms with E-state index in [4.69, 9.17) is 42.9 Å². The van der Waals surface area contributed by atoms with Crippen LogP contribution in [0.15, 0.2) is 58.7 Å². The molecule has 3 aliphatic rings. The number of fused-ring (bicyclic) bond motifs is 6. The van der Waals surface area contributed by atoms with Crippen molar-refractivity contribution in [3.05, 3.63) is 66.6 Å². The van der Waals surface area contributed by atoms with E-state index >= 15 is 0 Å². The first-order chi connectivity index (χ1) is 16.5. The van der Waals surface area contributed by atoms with Gasteiger partial charge in [0.05, 0.1) is 11.1 Å². The molecule has 0 saturated heterocycles. The Balaban J connectivity index is 0.00000289. The Bertz CT molecular complexity index is 1170. The molecule has 3 aliphatic heterocycles. The highest BCUT2D eigenvalue weighted by molar-refractivity contribution is 8.69. The number of hydrogen-bond donors (Lipinski definition) is 0. The van der Waals surface area contributed by atoms with Crippen molar-refractivity contribution in [1.29, 1.82) is 0 Å². The third-order valence-electron chi connectivity index (χ3n) is 5.31. The number of nitrogens with zero attached hydrogens (tertiary/aromatic N) is 4. The zero-order chi connectivity index (χ0) is 23.8. The van der Waals surface area contributed by atoms with E-state index in [0.717, 1.165) is 59.8 Å². The number of amidine groups is 2. The molecule has 6 nitrogen and oxygen atoms in total. The first-order valence-corrected chi connectivity index (χ1v) is 19.7. The third-order valence-corrected chi connectivity index (χ3v) is 16.9. The monoisotopic (exact) mass is 568 g/mol. The standard InChI is InChI=1S/C22H25N4O2P2S4/c1-3-5-15-33-29(31)25-21(17-11-7-9-13-19(17)27-29)24-26-22(23-25)18-12-8-10-14-20(18)28-30(26,32)34-16-6-4-2/h7-14H,1,3-6,15-16H2,2H3/q-1/p+1/t29-,30-/m1/s1. The van der Waals surface area contributed by atoms with Gasteiger partial charge in [0.25, 0.3) is 11.2 Å². The second-order valence-electron chi connectivity index (χ2n) is 7.77. The van der Waals surface area contributed by atoms with Crippen LogP contribution in [-0.2, 0) is 23.6 Å². The summed E-state index contributed by atoms with van der Waals surface area (Å²) in [5.41, 5.74) is -3.47. The highest BCUT2D eigenvalue weighted by Gasteiger charge is 2.47. The Morgan fingerprint density at radius 1 is 0.853 bits per heavy atom. The second-order valence-corrected chi connectivity index (χ2v) is 21.0. The van der Waals surface area contributed by atoms with Gasteiger partial charge in [0, 0.05) is 11.5 Å². The van der Waals surface area contributed by atoms with E-state index in [1.807, 2.05) is 58.1 Å². The van der Waals surface area contributed by atoms with E-state index in [9.17, 15) is 0 Å². The fourth-order valence-corrected chi connectivity index (χ4v) is 14.0. The molecule has 12 heteroatoms. The van der Waals surface area contributed by atoms with Gasteiger partial charge in [-0.05, 0) is 54.3 Å². The summed E-state index contributed by atoms with van der Waals surface area (Å²) in [5, 5.41) is 10.2. The summed E-state index contributed by atoms with van der Waals surface area (Å²) < 4.78 is 16.7. The van der Waals surface area contributed by atoms with Crippen molar-refractivity contribution >= 4 is 69.3 Å². The average Bonchev–Trinajstić information content (AvgIpc) is 2.84. The topological polar surface area (TPSA) is 49.7 Å². The Kier molecular flexibility index (Phi) is 7.37. The molecule has 2 aromatic carbocycles. The first-order valence-electron chi connectivity index (χ1n) is 11.1. The molecular weight excluding hydrogens is 542 g/mol. The molecule has 0 bridgehead atoms. The van der Waals surface area contributed by atoms with Crippen molar-refractivity contribution in [2.24, 2.45) is 10.2 Å². The van der Waals surface area contributed by atoms with Gasteiger partial charge in [-0.25, -0.2) is 0 Å². The summed E-state index contributed by atoms with van der Waals surface area (Å²) in [6, 6.07) is 15.8. The normalized spacial score (nSPS) is 24.5. The molecule has 5 rings (SSSR count). The Morgan fingerprint density at radius 2 is 1.32 bits per heavy atom. The molecule has 0 saturated carbocycles. The Morgan fingerprint density at radius 3 is 1.79 bits per heavy atom. The summed E-state index contributed by atoms with van der Waals surface area (Å²) in [5.74, 6) is 4.63. The molecule has 3 heterocycles. The van der Waals surface area contributed by atoms with Gasteiger partial charge in [0.2, 0.25) is 0 Å². The van der Waals surface area contributed by atoms with Crippen molar-refractivity contribution in [2.45, 2.75) is 32.6 Å². The highest BCUT2D eigenvalue weighted by Crippen LogP contribution is 2.70. The smallest absolute Gasteiger partial charge is 0.439 e. The SMILES string of the molecule is [CH2-]CCCS[P@@]1(=S)Oc2ccccc2C2=NN3C(=NN21)c1ccccc1O[P@]3(=S)SCCCC.[H+]. The molecule has 34 heavy (non-hydrogen) atoms. The minimum absolute atomic E-state index is 0. The molecule has 0 radical (unpaired) electrons. The second kappa shape index (κ2) is 10.2. The first kappa shape index (κ1) is 24.7. The fraction of sp³-hybridized carbons (Fsp3) is 0.318. The summed E-state index contributed by atoms with van der Waals surface area (Å²) in [7, 11) is 0. The number of para-hydroxylation sites is 2. The van der Waals surface area contributed by atoms with Crippen LogP contribution >= 0.6 is 34.0 Å². The van der Waals surface area contributed by atoms with E-state index in [2.05, 4.69) is 13.8 Å². The van der Waals surface area contributed by atoms with Gasteiger partial charge in [-0.3, -0.25) is 0 Å². The average molecular weight is 569 g/mol. The van der Waals surface area contributed by atoms with Gasteiger partial charge >= 0.3 is 1.43 Å². The van der Waals surface area contributed by atoms with Gasteiger partial charge in [-0.15, -0.1) is 10.2 Å². The lowest BCUT2D eigenvalue weighted by Gasteiger charge is -2.44. The number of unbranched alkanes of at least 4 members (excludes halogenated alkanes) is 2. The molecule has 0 fully saturated rings. The molecular formula is C22H26N4O2P2S4. The van der Waals surface area contributed by atoms with Crippen molar-refractivity contribution in [2.75, 3.05) is 11.5 Å². The van der Waals surface area contributed by atoms with Gasteiger partial charge < -0.3 is 16.0 Å². The van der Waals surface area contributed by atoms with Gasteiger partial charge in [-0.2, -0.15) is 16.0 Å². The van der Waals surface area contributed by atoms with Crippen LogP contribution < -0.4 is 9.05 Å². The molecule has 2 aromatic rings. The molecule has 180 valence electrons. The van der Waals surface area contributed by atoms with E-state index in [0.29, 0.717) is 11.7 Å². The molecule has 0 spiro atoms. The van der Waals surface area contributed by atoms with Crippen LogP contribution in [0.1, 0.15) is 45.2 Å². The summed E-state index contributed by atoms with van der Waals surface area (Å²) in [6.07, 6.45) is 3.98. The molecule has 0 aromatic heterocycles. The van der Waals surface area contributed by atoms with Gasteiger partial charge in [0.1, 0.15) is 11.5 Å². The van der Waals surface area contributed by atoms with Crippen molar-refractivity contribution < 1.29 is 10.5 Å². The lowest BCUT2D eigenvalue weighted by atomic mass is 10.1. The minimum atomic E-state index is -2.61. The van der Waals surface area contributed by atoms with Crippen LogP contribution in [-0.4, -0.2) is 32.7 Å². The van der Waals surface area contributed by atoms with Gasteiger partial charge in [0.15, 0.2) is 11.7 Å². The molecule has 0 N–H and O–H groups in total. The quantitative estimate of drug-likeness (QED) is 0.184. The largest absolute Gasteiger partial charge is 1.00 e. The lowest BCUT2D eigenvalue weighted by Crippen LogP contribution is -2.42. The number of rotatable bonds is 8. The predicted octanol–water partition coefficient (Wildman–Crippen LogP) is 7.55. The lowest BCUT2D eigenvalue weighted by molar-refractivity contribution is 0.481. The van der Waals surface area contributed by atoms with E-state index in [1.165, 1.54) is 0 Å². The molecule has 0 unspecified atom stereocenters. The van der Waals surface area contributed by atoms with Crippen LogP contribution in [0.3, 0.4) is 0 Å². The zero-order valence-corrected chi connectivity index (χ0v) is 23.8. The molecule has 0 amide bonds. The minimum Gasteiger partial charge on any atom is -0.439 e. The summed E-state index contributed by atoms with van der Waals surface area (Å²) >= 11 is 15.7. The van der Waals surface area contributed by atoms with Crippen molar-refractivity contribution in [3.63, 3.8) is 0 Å². The van der Waals surface area contributed by atoms with Crippen molar-refractivity contribution in [3.8, 4) is 11.5 Å².